The van der Waals surface area contributed by atoms with E-state index < -0.39 is 18.5 Å². The zero-order chi connectivity index (χ0) is 21.0. The first-order valence-electron chi connectivity index (χ1n) is 9.75. The molecule has 0 saturated heterocycles. The normalized spacial score (nSPS) is 15.3. The maximum absolute atomic E-state index is 12.2. The van der Waals surface area contributed by atoms with Gasteiger partial charge in [-0.25, -0.2) is 4.79 Å². The van der Waals surface area contributed by atoms with Crippen molar-refractivity contribution in [3.8, 4) is 0 Å². The van der Waals surface area contributed by atoms with Gasteiger partial charge in [-0.05, 0) is 67.9 Å². The van der Waals surface area contributed by atoms with Crippen LogP contribution >= 0.6 is 11.3 Å². The van der Waals surface area contributed by atoms with Crippen molar-refractivity contribution in [1.82, 2.24) is 5.32 Å². The van der Waals surface area contributed by atoms with Crippen molar-refractivity contribution in [1.29, 1.82) is 0 Å². The smallest absolute Gasteiger partial charge is 0.348 e. The first-order chi connectivity index (χ1) is 13.8. The zero-order valence-electron chi connectivity index (χ0n) is 17.0. The van der Waals surface area contributed by atoms with Gasteiger partial charge in [0.15, 0.2) is 6.61 Å². The monoisotopic (exact) mass is 414 g/mol. The summed E-state index contributed by atoms with van der Waals surface area (Å²) in [6.45, 7) is 5.50. The Hall–Kier alpha value is -2.67. The molecule has 6 nitrogen and oxygen atoms in total. The summed E-state index contributed by atoms with van der Waals surface area (Å²) in [6, 6.07) is 7.52. The Morgan fingerprint density at radius 3 is 2.79 bits per heavy atom. The van der Waals surface area contributed by atoms with Crippen LogP contribution in [0, 0.1) is 19.8 Å². The minimum Gasteiger partial charge on any atom is -0.451 e. The first kappa shape index (κ1) is 21.0. The van der Waals surface area contributed by atoms with Gasteiger partial charge in [0.05, 0.1) is 6.54 Å². The molecule has 0 spiro atoms. The van der Waals surface area contributed by atoms with Crippen molar-refractivity contribution < 1.29 is 19.1 Å². The van der Waals surface area contributed by atoms with Crippen LogP contribution in [-0.2, 0) is 27.2 Å². The molecule has 0 radical (unpaired) electrons. The average Bonchev–Trinajstić information content (AvgIpc) is 3.11. The molecular formula is C22H26N2O4S. The molecule has 0 aliphatic heterocycles. The third-order valence-electron chi connectivity index (χ3n) is 5.19. The van der Waals surface area contributed by atoms with E-state index in [1.54, 1.807) is 0 Å². The second kappa shape index (κ2) is 9.22. The van der Waals surface area contributed by atoms with E-state index in [0.29, 0.717) is 16.5 Å². The van der Waals surface area contributed by atoms with Gasteiger partial charge < -0.3 is 15.4 Å². The minimum atomic E-state index is -0.510. The fourth-order valence-electron chi connectivity index (χ4n) is 3.32. The van der Waals surface area contributed by atoms with Gasteiger partial charge in [0.2, 0.25) is 5.91 Å². The van der Waals surface area contributed by atoms with Gasteiger partial charge in [0.1, 0.15) is 4.88 Å². The molecule has 1 atom stereocenters. The maximum Gasteiger partial charge on any atom is 0.348 e. The first-order valence-corrected chi connectivity index (χ1v) is 10.6. The second-order valence-electron chi connectivity index (χ2n) is 7.56. The molecule has 1 aromatic carbocycles. The molecule has 0 saturated carbocycles. The van der Waals surface area contributed by atoms with E-state index in [0.717, 1.165) is 30.4 Å². The van der Waals surface area contributed by atoms with E-state index >= 15 is 0 Å². The highest BCUT2D eigenvalue weighted by molar-refractivity contribution is 7.14. The number of carbonyl (C=O) groups excluding carboxylic acids is 3. The van der Waals surface area contributed by atoms with E-state index in [4.69, 9.17) is 4.74 Å². The third kappa shape index (κ3) is 5.44. The highest BCUT2D eigenvalue weighted by Crippen LogP contribution is 2.32. The Morgan fingerprint density at radius 2 is 2.00 bits per heavy atom. The number of amides is 2. The molecule has 2 aromatic rings. The number of nitrogens with one attached hydrogen (secondary N) is 2. The molecular weight excluding hydrogens is 388 g/mol. The van der Waals surface area contributed by atoms with Gasteiger partial charge in [-0.15, -0.1) is 11.3 Å². The van der Waals surface area contributed by atoms with Crippen LogP contribution in [0.15, 0.2) is 24.3 Å². The number of fused-ring (bicyclic) bond motifs is 1. The number of hydrogen-bond acceptors (Lipinski definition) is 5. The standard InChI is InChI=1S/C22H26N2O4S/c1-13-7-8-18-16(9-13)10-19(29-18)22(27)28-12-21(26)23-11-20(25)24-17-6-4-5-14(2)15(17)3/h4-6,10,13H,7-9,11-12H2,1-3H3,(H,23,26)(H,24,25)/t13-/m1/s1. The zero-order valence-corrected chi connectivity index (χ0v) is 17.8. The largest absolute Gasteiger partial charge is 0.451 e. The van der Waals surface area contributed by atoms with Crippen molar-refractivity contribution in [3.05, 3.63) is 50.7 Å². The molecule has 154 valence electrons. The molecule has 2 amide bonds. The maximum atomic E-state index is 12.2. The lowest BCUT2D eigenvalue weighted by atomic mass is 9.90. The van der Waals surface area contributed by atoms with Gasteiger partial charge >= 0.3 is 5.97 Å². The Labute approximate surface area is 174 Å². The summed E-state index contributed by atoms with van der Waals surface area (Å²) < 4.78 is 5.11. The second-order valence-corrected chi connectivity index (χ2v) is 8.69. The molecule has 3 rings (SSSR count). The van der Waals surface area contributed by atoms with E-state index in [1.807, 2.05) is 38.1 Å². The summed E-state index contributed by atoms with van der Waals surface area (Å²) in [5.74, 6) is -0.712. The molecule has 0 bridgehead atoms. The minimum absolute atomic E-state index is 0.186. The Balaban J connectivity index is 1.43. The number of carbonyl (C=O) groups is 3. The molecule has 1 heterocycles. The Bertz CT molecular complexity index is 935. The van der Waals surface area contributed by atoms with Gasteiger partial charge in [-0.2, -0.15) is 0 Å². The number of hydrogen-bond donors (Lipinski definition) is 2. The van der Waals surface area contributed by atoms with E-state index in [2.05, 4.69) is 17.6 Å². The highest BCUT2D eigenvalue weighted by Gasteiger charge is 2.21. The molecule has 7 heteroatoms. The van der Waals surface area contributed by atoms with Gasteiger partial charge in [0.25, 0.3) is 5.91 Å². The predicted molar refractivity (Wildman–Crippen MR) is 113 cm³/mol. The number of esters is 1. The topological polar surface area (TPSA) is 84.5 Å². The van der Waals surface area contributed by atoms with Crippen molar-refractivity contribution in [2.75, 3.05) is 18.5 Å². The number of aryl methyl sites for hydroxylation is 2. The molecule has 1 aromatic heterocycles. The van der Waals surface area contributed by atoms with Gasteiger partial charge in [0, 0.05) is 10.6 Å². The lowest BCUT2D eigenvalue weighted by molar-refractivity contribution is -0.126. The summed E-state index contributed by atoms with van der Waals surface area (Å²) in [4.78, 5) is 38.0. The molecule has 0 fully saturated rings. The summed E-state index contributed by atoms with van der Waals surface area (Å²) in [6.07, 6.45) is 3.11. The molecule has 0 unspecified atom stereocenters. The Morgan fingerprint density at radius 1 is 1.21 bits per heavy atom. The summed E-state index contributed by atoms with van der Waals surface area (Å²) in [5.41, 5.74) is 3.98. The van der Waals surface area contributed by atoms with Crippen LogP contribution in [0.2, 0.25) is 0 Å². The fraction of sp³-hybridized carbons (Fsp3) is 0.409. The summed E-state index contributed by atoms with van der Waals surface area (Å²) >= 11 is 1.45. The average molecular weight is 415 g/mol. The fourth-order valence-corrected chi connectivity index (χ4v) is 4.42. The number of ether oxygens (including phenoxy) is 1. The van der Waals surface area contributed by atoms with Crippen LogP contribution < -0.4 is 10.6 Å². The molecule has 1 aliphatic carbocycles. The Kier molecular flexibility index (Phi) is 6.69. The van der Waals surface area contributed by atoms with Crippen LogP contribution in [-0.4, -0.2) is 30.9 Å². The number of anilines is 1. The van der Waals surface area contributed by atoms with E-state index in [-0.39, 0.29) is 12.5 Å². The van der Waals surface area contributed by atoms with Crippen LogP contribution in [0.3, 0.4) is 0 Å². The SMILES string of the molecule is Cc1cccc(NC(=O)CNC(=O)COC(=O)c2cc3c(s2)CC[C@@H](C)C3)c1C. The van der Waals surface area contributed by atoms with Crippen LogP contribution in [0.5, 0.6) is 0 Å². The number of rotatable bonds is 6. The van der Waals surface area contributed by atoms with Gasteiger partial charge in [-0.1, -0.05) is 19.1 Å². The number of benzene rings is 1. The highest BCUT2D eigenvalue weighted by atomic mass is 32.1. The lowest BCUT2D eigenvalue weighted by Gasteiger charge is -2.16. The van der Waals surface area contributed by atoms with Gasteiger partial charge in [-0.3, -0.25) is 9.59 Å². The van der Waals surface area contributed by atoms with Crippen molar-refractivity contribution in [2.24, 2.45) is 5.92 Å². The van der Waals surface area contributed by atoms with E-state index in [9.17, 15) is 14.4 Å². The number of thiophene rings is 1. The van der Waals surface area contributed by atoms with Crippen molar-refractivity contribution in [3.63, 3.8) is 0 Å². The summed E-state index contributed by atoms with van der Waals surface area (Å²) in [7, 11) is 0. The van der Waals surface area contributed by atoms with E-state index in [1.165, 1.54) is 21.8 Å². The van der Waals surface area contributed by atoms with Crippen LogP contribution in [0.4, 0.5) is 5.69 Å². The summed E-state index contributed by atoms with van der Waals surface area (Å²) in [5, 5.41) is 5.24. The van der Waals surface area contributed by atoms with Crippen LogP contribution in [0.25, 0.3) is 0 Å². The van der Waals surface area contributed by atoms with Crippen LogP contribution in [0.1, 0.15) is 44.6 Å². The van der Waals surface area contributed by atoms with Crippen molar-refractivity contribution >= 4 is 34.8 Å². The molecule has 2 N–H and O–H groups in total. The quantitative estimate of drug-likeness (QED) is 0.710. The predicted octanol–water partition coefficient (Wildman–Crippen LogP) is 3.40. The molecule has 29 heavy (non-hydrogen) atoms. The third-order valence-corrected chi connectivity index (χ3v) is 6.41. The lowest BCUT2D eigenvalue weighted by Crippen LogP contribution is -2.35. The van der Waals surface area contributed by atoms with Crippen molar-refractivity contribution in [2.45, 2.75) is 40.0 Å². The molecule has 1 aliphatic rings.